The number of piperazine rings is 1. The van der Waals surface area contributed by atoms with Crippen LogP contribution in [0.25, 0.3) is 0 Å². The molecule has 0 bridgehead atoms. The molecule has 0 N–H and O–H groups in total. The van der Waals surface area contributed by atoms with E-state index in [1.807, 2.05) is 25.3 Å². The average Bonchev–Trinajstić information content (AvgIpc) is 2.85. The van der Waals surface area contributed by atoms with Gasteiger partial charge in [-0.25, -0.2) is 15.0 Å². The molecule has 2 aromatic heterocycles. The third-order valence-electron chi connectivity index (χ3n) is 7.25. The molecular formula is C25H32F3N6OP. The number of pyridine rings is 1. The topological polar surface area (TPSA) is 65.5 Å². The fourth-order valence-corrected chi connectivity index (χ4v) is 5.55. The van der Waals surface area contributed by atoms with E-state index in [1.165, 1.54) is 25.4 Å². The van der Waals surface area contributed by atoms with Crippen LogP contribution in [0, 0.1) is 12.8 Å². The molecule has 0 spiro atoms. The summed E-state index contributed by atoms with van der Waals surface area (Å²) in [6.45, 7) is 11.4. The molecule has 0 saturated carbocycles. The van der Waals surface area contributed by atoms with Crippen LogP contribution in [0.1, 0.15) is 40.9 Å². The van der Waals surface area contributed by atoms with Crippen LogP contribution in [0.3, 0.4) is 0 Å². The molecule has 4 rings (SSSR count). The number of fused-ring (bicyclic) bond motifs is 1. The normalized spacial score (nSPS) is 20.5. The Labute approximate surface area is 211 Å². The second-order valence-electron chi connectivity index (χ2n) is 9.47. The molecule has 1 saturated heterocycles. The van der Waals surface area contributed by atoms with Crippen LogP contribution in [0.4, 0.5) is 24.8 Å². The van der Waals surface area contributed by atoms with E-state index in [9.17, 15) is 18.0 Å². The Bertz CT molecular complexity index is 1150. The highest BCUT2D eigenvalue weighted by atomic mass is 31.1. The van der Waals surface area contributed by atoms with Gasteiger partial charge in [0, 0.05) is 50.4 Å². The van der Waals surface area contributed by atoms with Crippen molar-refractivity contribution in [3.8, 4) is 0 Å². The Hall–Kier alpha value is -2.74. The summed E-state index contributed by atoms with van der Waals surface area (Å²) in [5.41, 5.74) is 1.43. The Morgan fingerprint density at radius 1 is 1.22 bits per heavy atom. The van der Waals surface area contributed by atoms with Crippen LogP contribution in [-0.4, -0.2) is 65.7 Å². The zero-order valence-corrected chi connectivity index (χ0v) is 22.1. The van der Waals surface area contributed by atoms with Gasteiger partial charge >= 0.3 is 6.18 Å². The molecule has 1 amide bonds. The van der Waals surface area contributed by atoms with Crippen molar-refractivity contribution >= 4 is 26.3 Å². The van der Waals surface area contributed by atoms with Gasteiger partial charge in [0.2, 0.25) is 5.91 Å². The van der Waals surface area contributed by atoms with Gasteiger partial charge < -0.3 is 14.5 Å². The van der Waals surface area contributed by atoms with E-state index in [-0.39, 0.29) is 23.1 Å². The molecule has 3 heterocycles. The number of nitrogens with zero attached hydrogens (tertiary/aromatic N) is 6. The molecule has 0 radical (unpaired) electrons. The highest BCUT2D eigenvalue weighted by Gasteiger charge is 2.42. The summed E-state index contributed by atoms with van der Waals surface area (Å²) in [6, 6.07) is 1.53. The number of alkyl halides is 3. The largest absolute Gasteiger partial charge is 0.418 e. The lowest BCUT2D eigenvalue weighted by molar-refractivity contribution is -0.139. The molecular weight excluding hydrogens is 488 g/mol. The zero-order valence-electron chi connectivity index (χ0n) is 21.1. The van der Waals surface area contributed by atoms with Crippen molar-refractivity contribution in [3.63, 3.8) is 0 Å². The monoisotopic (exact) mass is 520 g/mol. The van der Waals surface area contributed by atoms with Gasteiger partial charge in [-0.2, -0.15) is 13.2 Å². The minimum Gasteiger partial charge on any atom is -0.353 e. The molecule has 2 aliphatic rings. The van der Waals surface area contributed by atoms with E-state index in [4.69, 9.17) is 0 Å². The molecule has 2 aromatic rings. The van der Waals surface area contributed by atoms with Crippen LogP contribution in [0.2, 0.25) is 0 Å². The summed E-state index contributed by atoms with van der Waals surface area (Å²) in [5, 5.41) is 0. The summed E-state index contributed by atoms with van der Waals surface area (Å²) in [6.07, 6.45) is -0.734. The number of halogens is 3. The minimum absolute atomic E-state index is 0.0801. The van der Waals surface area contributed by atoms with Crippen LogP contribution in [0.5, 0.6) is 0 Å². The van der Waals surface area contributed by atoms with E-state index in [1.54, 1.807) is 4.90 Å². The standard InChI is InChI=1S/C25H32F3N6OP/c1-6-21(35)33-7-9-34(10-8-33)24-18-11-15(2)17(13-19(18)29-14-30-24)23-22(25(26,27)28)16(3)12-20(31-23)32(4)36-5/h6,12,14-15,17,36H,1,7-11,13H2,2-5H3. The van der Waals surface area contributed by atoms with E-state index >= 15 is 0 Å². The molecule has 1 aliphatic heterocycles. The fraction of sp³-hybridized carbons (Fsp3) is 0.520. The first kappa shape index (κ1) is 26.3. The third kappa shape index (κ3) is 5.05. The summed E-state index contributed by atoms with van der Waals surface area (Å²) >= 11 is 0. The first-order valence-electron chi connectivity index (χ1n) is 12.0. The third-order valence-corrected chi connectivity index (χ3v) is 8.15. The quantitative estimate of drug-likeness (QED) is 0.435. The van der Waals surface area contributed by atoms with Gasteiger partial charge in [-0.1, -0.05) is 13.5 Å². The Kier molecular flexibility index (Phi) is 7.55. The molecule has 11 heteroatoms. The van der Waals surface area contributed by atoms with E-state index in [2.05, 4.69) is 26.4 Å². The van der Waals surface area contributed by atoms with Crippen molar-refractivity contribution in [2.75, 3.05) is 49.5 Å². The number of hydrogen-bond donors (Lipinski definition) is 0. The SMILES string of the molecule is C=CC(=O)N1CCN(c2ncnc3c2CC(C)C(c2nc(N(C)PC)cc(C)c2C(F)(F)F)C3)CC1. The first-order chi connectivity index (χ1) is 17.0. The summed E-state index contributed by atoms with van der Waals surface area (Å²) in [5.74, 6) is 0.798. The number of carbonyl (C=O) groups excluding carboxylic acids is 1. The van der Waals surface area contributed by atoms with Crippen LogP contribution < -0.4 is 9.57 Å². The molecule has 1 fully saturated rings. The summed E-state index contributed by atoms with van der Waals surface area (Å²) < 4.78 is 44.5. The van der Waals surface area contributed by atoms with Crippen molar-refractivity contribution in [2.45, 2.75) is 38.8 Å². The van der Waals surface area contributed by atoms with Gasteiger partial charge in [0.25, 0.3) is 0 Å². The molecule has 7 nitrogen and oxygen atoms in total. The van der Waals surface area contributed by atoms with Crippen LogP contribution in [-0.2, 0) is 23.8 Å². The van der Waals surface area contributed by atoms with Gasteiger partial charge in [0.1, 0.15) is 18.0 Å². The number of hydrogen-bond acceptors (Lipinski definition) is 6. The molecule has 0 aromatic carbocycles. The predicted octanol–water partition coefficient (Wildman–Crippen LogP) is 4.21. The highest BCUT2D eigenvalue weighted by Crippen LogP contribution is 2.45. The fourth-order valence-electron chi connectivity index (χ4n) is 5.21. The van der Waals surface area contributed by atoms with Crippen LogP contribution >= 0.6 is 8.73 Å². The van der Waals surface area contributed by atoms with Gasteiger partial charge in [0.05, 0.1) is 11.3 Å². The average molecular weight is 521 g/mol. The number of anilines is 2. The minimum atomic E-state index is -4.49. The zero-order chi connectivity index (χ0) is 26.2. The van der Waals surface area contributed by atoms with Gasteiger partial charge in [0.15, 0.2) is 0 Å². The second kappa shape index (κ2) is 10.3. The van der Waals surface area contributed by atoms with Crippen molar-refractivity contribution in [2.24, 2.45) is 5.92 Å². The van der Waals surface area contributed by atoms with Crippen molar-refractivity contribution < 1.29 is 18.0 Å². The Morgan fingerprint density at radius 2 is 1.92 bits per heavy atom. The maximum Gasteiger partial charge on any atom is 0.418 e. The number of aromatic nitrogens is 3. The summed E-state index contributed by atoms with van der Waals surface area (Å²) in [4.78, 5) is 29.5. The van der Waals surface area contributed by atoms with Crippen molar-refractivity contribution in [3.05, 3.63) is 53.1 Å². The molecule has 1 aliphatic carbocycles. The maximum atomic E-state index is 14.2. The Morgan fingerprint density at radius 3 is 2.53 bits per heavy atom. The van der Waals surface area contributed by atoms with E-state index in [0.29, 0.717) is 53.6 Å². The molecule has 194 valence electrons. The number of carbonyl (C=O) groups is 1. The smallest absolute Gasteiger partial charge is 0.353 e. The Balaban J connectivity index is 1.68. The lowest BCUT2D eigenvalue weighted by atomic mass is 9.75. The van der Waals surface area contributed by atoms with Crippen molar-refractivity contribution in [1.82, 2.24) is 19.9 Å². The number of aryl methyl sites for hydroxylation is 1. The number of rotatable bonds is 5. The van der Waals surface area contributed by atoms with E-state index in [0.717, 1.165) is 17.1 Å². The lowest BCUT2D eigenvalue weighted by Crippen LogP contribution is -2.49. The van der Waals surface area contributed by atoms with Crippen molar-refractivity contribution in [1.29, 1.82) is 0 Å². The first-order valence-corrected chi connectivity index (χ1v) is 13.5. The number of amides is 1. The van der Waals surface area contributed by atoms with Crippen LogP contribution in [0.15, 0.2) is 25.0 Å². The molecule has 3 atom stereocenters. The summed E-state index contributed by atoms with van der Waals surface area (Å²) in [7, 11) is 2.23. The maximum absolute atomic E-state index is 14.2. The molecule has 3 unspecified atom stereocenters. The van der Waals surface area contributed by atoms with Gasteiger partial charge in [-0.05, 0) is 58.8 Å². The molecule has 36 heavy (non-hydrogen) atoms. The predicted molar refractivity (Wildman–Crippen MR) is 137 cm³/mol. The second-order valence-corrected chi connectivity index (χ2v) is 10.6. The highest BCUT2D eigenvalue weighted by molar-refractivity contribution is 7.39. The van der Waals surface area contributed by atoms with Gasteiger partial charge in [-0.3, -0.25) is 4.79 Å². The van der Waals surface area contributed by atoms with E-state index < -0.39 is 17.7 Å². The van der Waals surface area contributed by atoms with Gasteiger partial charge in [-0.15, -0.1) is 0 Å². The lowest BCUT2D eigenvalue weighted by Gasteiger charge is -2.38.